The van der Waals surface area contributed by atoms with Crippen molar-refractivity contribution in [2.45, 2.75) is 43.5 Å². The van der Waals surface area contributed by atoms with Crippen LogP contribution in [-0.4, -0.2) is 39.6 Å². The molecule has 2 aliphatic rings. The van der Waals surface area contributed by atoms with Gasteiger partial charge in [0.25, 0.3) is 0 Å². The fourth-order valence-electron chi connectivity index (χ4n) is 6.23. The molecule has 1 saturated heterocycles. The van der Waals surface area contributed by atoms with Gasteiger partial charge in [-0.15, -0.1) is 0 Å². The fraction of sp³-hybridized carbons (Fsp3) is 0.310. The zero-order valence-electron chi connectivity index (χ0n) is 20.9. The van der Waals surface area contributed by atoms with Gasteiger partial charge in [0, 0.05) is 43.0 Å². The molecule has 2 aliphatic heterocycles. The van der Waals surface area contributed by atoms with E-state index in [0.717, 1.165) is 10.8 Å². The lowest BCUT2D eigenvalue weighted by Crippen LogP contribution is -2.39. The Hall–Kier alpha value is -3.77. The van der Waals surface area contributed by atoms with Crippen molar-refractivity contribution in [2.75, 3.05) is 13.7 Å². The van der Waals surface area contributed by atoms with Crippen LogP contribution >= 0.6 is 11.6 Å². The van der Waals surface area contributed by atoms with Gasteiger partial charge in [0.05, 0.1) is 46.2 Å². The number of ether oxygens (including phenoxy) is 3. The summed E-state index contributed by atoms with van der Waals surface area (Å²) in [5, 5.41) is 35.0. The van der Waals surface area contributed by atoms with E-state index in [1.54, 1.807) is 31.4 Å². The van der Waals surface area contributed by atoms with Gasteiger partial charge in [-0.05, 0) is 24.6 Å². The zero-order chi connectivity index (χ0) is 26.7. The van der Waals surface area contributed by atoms with E-state index >= 15 is 0 Å². The standard InChI is InChI=1S/C29H26ClN3O5/c1-3-28-14-22(36-2)29(38-28,12-13-37-23-11-9-18(30)16-32-23)25-24(28)26(34)33(27(25)35)21-10-8-17(15-31)19-6-4-5-7-20(19)21/h4-11,16,22,34-35H,3,12-14H2,1-2H3/t22-,28+,29-/m0/s1. The van der Waals surface area contributed by atoms with E-state index in [0.29, 0.717) is 52.5 Å². The molecular weight excluding hydrogens is 506 g/mol. The number of hydrogen-bond acceptors (Lipinski definition) is 7. The molecule has 3 atom stereocenters. The number of methoxy groups -OCH3 is 1. The molecule has 0 amide bonds. The van der Waals surface area contributed by atoms with Crippen LogP contribution < -0.4 is 4.74 Å². The van der Waals surface area contributed by atoms with Crippen LogP contribution in [0.5, 0.6) is 17.6 Å². The Morgan fingerprint density at radius 3 is 2.58 bits per heavy atom. The molecule has 9 heteroatoms. The molecule has 1 fully saturated rings. The summed E-state index contributed by atoms with van der Waals surface area (Å²) in [6.45, 7) is 2.23. The Morgan fingerprint density at radius 2 is 1.89 bits per heavy atom. The first-order valence-corrected chi connectivity index (χ1v) is 12.8. The van der Waals surface area contributed by atoms with Gasteiger partial charge < -0.3 is 24.4 Å². The minimum absolute atomic E-state index is 0.0778. The zero-order valence-corrected chi connectivity index (χ0v) is 21.7. The van der Waals surface area contributed by atoms with Crippen LogP contribution in [0.4, 0.5) is 0 Å². The van der Waals surface area contributed by atoms with E-state index in [4.69, 9.17) is 25.8 Å². The lowest BCUT2D eigenvalue weighted by atomic mass is 9.74. The van der Waals surface area contributed by atoms with Crippen LogP contribution in [0.25, 0.3) is 16.5 Å². The van der Waals surface area contributed by atoms with Crippen LogP contribution in [0.3, 0.4) is 0 Å². The summed E-state index contributed by atoms with van der Waals surface area (Å²) in [6, 6.07) is 16.5. The minimum atomic E-state index is -1.04. The summed E-state index contributed by atoms with van der Waals surface area (Å²) < 4.78 is 20.0. The van der Waals surface area contributed by atoms with E-state index in [2.05, 4.69) is 11.1 Å². The highest BCUT2D eigenvalue weighted by Crippen LogP contribution is 2.67. The van der Waals surface area contributed by atoms with Gasteiger partial charge in [0.15, 0.2) is 0 Å². The van der Waals surface area contributed by atoms with E-state index in [1.165, 1.54) is 10.8 Å². The normalized spacial score (nSPS) is 23.5. The molecule has 2 bridgehead atoms. The average Bonchev–Trinajstić information content (AvgIpc) is 3.53. The largest absolute Gasteiger partial charge is 0.494 e. The summed E-state index contributed by atoms with van der Waals surface area (Å²) in [5.41, 5.74) is 0.298. The van der Waals surface area contributed by atoms with Gasteiger partial charge in [0.1, 0.15) is 11.2 Å². The molecule has 38 heavy (non-hydrogen) atoms. The van der Waals surface area contributed by atoms with E-state index in [1.807, 2.05) is 31.2 Å². The molecule has 2 aromatic carbocycles. The molecule has 0 spiro atoms. The van der Waals surface area contributed by atoms with E-state index in [-0.39, 0.29) is 24.5 Å². The van der Waals surface area contributed by atoms with Crippen LogP contribution in [0.2, 0.25) is 5.02 Å². The monoisotopic (exact) mass is 531 g/mol. The number of aromatic nitrogens is 2. The van der Waals surface area contributed by atoms with Gasteiger partial charge in [0.2, 0.25) is 17.6 Å². The number of nitrogens with zero attached hydrogens (tertiary/aromatic N) is 3. The van der Waals surface area contributed by atoms with Gasteiger partial charge >= 0.3 is 0 Å². The van der Waals surface area contributed by atoms with Crippen molar-refractivity contribution in [1.82, 2.24) is 9.55 Å². The third kappa shape index (κ3) is 3.33. The first-order valence-electron chi connectivity index (χ1n) is 12.5. The topological polar surface area (TPSA) is 110 Å². The van der Waals surface area contributed by atoms with Crippen molar-refractivity contribution < 1.29 is 24.4 Å². The first kappa shape index (κ1) is 24.6. The molecule has 2 aromatic heterocycles. The van der Waals surface area contributed by atoms with E-state index in [9.17, 15) is 15.5 Å². The number of halogens is 1. The summed E-state index contributed by atoms with van der Waals surface area (Å²) in [5.74, 6) is 0.228. The fourth-order valence-corrected chi connectivity index (χ4v) is 6.34. The Balaban J connectivity index is 1.49. The number of fused-ring (bicyclic) bond motifs is 6. The summed E-state index contributed by atoms with van der Waals surface area (Å²) >= 11 is 5.94. The summed E-state index contributed by atoms with van der Waals surface area (Å²) in [6.07, 6.45) is 2.61. The Morgan fingerprint density at radius 1 is 1.13 bits per heavy atom. The SMILES string of the molecule is CC[C@]12C[C@H](OC)[C@](CCOc3ccc(Cl)cn3)(O1)c1c2c(O)n(-c2ccc(C#N)c3ccccc23)c1O. The second-order valence-corrected chi connectivity index (χ2v) is 10.1. The van der Waals surface area contributed by atoms with Crippen molar-refractivity contribution in [1.29, 1.82) is 5.26 Å². The van der Waals surface area contributed by atoms with Crippen molar-refractivity contribution in [2.24, 2.45) is 0 Å². The third-order valence-corrected chi connectivity index (χ3v) is 8.18. The van der Waals surface area contributed by atoms with Crippen LogP contribution in [-0.2, 0) is 20.7 Å². The van der Waals surface area contributed by atoms with Crippen LogP contribution in [0.15, 0.2) is 54.7 Å². The molecule has 0 aliphatic carbocycles. The molecule has 8 nitrogen and oxygen atoms in total. The average molecular weight is 532 g/mol. The van der Waals surface area contributed by atoms with Crippen molar-refractivity contribution in [3.8, 4) is 29.4 Å². The maximum atomic E-state index is 11.8. The highest BCUT2D eigenvalue weighted by Gasteiger charge is 2.68. The summed E-state index contributed by atoms with van der Waals surface area (Å²) in [7, 11) is 1.63. The Bertz CT molecular complexity index is 1590. The van der Waals surface area contributed by atoms with Crippen molar-refractivity contribution in [3.63, 3.8) is 0 Å². The quantitative estimate of drug-likeness (QED) is 0.315. The van der Waals surface area contributed by atoms with Gasteiger partial charge in [-0.1, -0.05) is 42.8 Å². The second kappa shape index (κ2) is 8.91. The van der Waals surface area contributed by atoms with Gasteiger partial charge in [-0.25, -0.2) is 4.98 Å². The predicted octanol–water partition coefficient (Wildman–Crippen LogP) is 5.68. The second-order valence-electron chi connectivity index (χ2n) is 9.70. The number of rotatable bonds is 7. The van der Waals surface area contributed by atoms with Gasteiger partial charge in [-0.2, -0.15) is 5.26 Å². The number of benzene rings is 2. The number of pyridine rings is 1. The maximum Gasteiger partial charge on any atom is 0.213 e. The molecular formula is C29H26ClN3O5. The van der Waals surface area contributed by atoms with Crippen molar-refractivity contribution >= 4 is 22.4 Å². The molecule has 6 rings (SSSR count). The van der Waals surface area contributed by atoms with Gasteiger partial charge in [-0.3, -0.25) is 4.57 Å². The van der Waals surface area contributed by atoms with Crippen molar-refractivity contribution in [3.05, 3.63) is 76.4 Å². The number of hydrogen-bond donors (Lipinski definition) is 2. The van der Waals surface area contributed by atoms with E-state index < -0.39 is 11.2 Å². The predicted molar refractivity (Wildman–Crippen MR) is 141 cm³/mol. The maximum absolute atomic E-state index is 11.8. The number of aromatic hydroxyl groups is 2. The molecule has 0 unspecified atom stereocenters. The summed E-state index contributed by atoms with van der Waals surface area (Å²) in [4.78, 5) is 4.19. The molecule has 2 N–H and O–H groups in total. The molecule has 0 radical (unpaired) electrons. The Kier molecular flexibility index (Phi) is 5.76. The highest BCUT2D eigenvalue weighted by molar-refractivity contribution is 6.30. The minimum Gasteiger partial charge on any atom is -0.494 e. The molecule has 0 saturated carbocycles. The first-order chi connectivity index (χ1) is 18.4. The van der Waals surface area contributed by atoms with Crippen LogP contribution in [0.1, 0.15) is 42.9 Å². The highest BCUT2D eigenvalue weighted by atomic mass is 35.5. The number of nitriles is 1. The molecule has 194 valence electrons. The molecule has 4 heterocycles. The Labute approximate surface area is 224 Å². The third-order valence-electron chi connectivity index (χ3n) is 7.95. The van der Waals surface area contributed by atoms with Crippen LogP contribution in [0, 0.1) is 11.3 Å². The molecule has 4 aromatic rings. The lowest BCUT2D eigenvalue weighted by molar-refractivity contribution is -0.128. The lowest BCUT2D eigenvalue weighted by Gasteiger charge is -2.32. The smallest absolute Gasteiger partial charge is 0.213 e.